The Morgan fingerprint density at radius 2 is 1.75 bits per heavy atom. The van der Waals surface area contributed by atoms with E-state index in [0.717, 1.165) is 58.6 Å². The Bertz CT molecular complexity index is 1160. The molecule has 1 N–H and O–H groups in total. The molecule has 1 aliphatic rings. The Balaban J connectivity index is 1.74. The number of thiophene rings is 1. The number of hydrogen-bond donors (Lipinski definition) is 1. The number of halogens is 2. The third-order valence-corrected chi connectivity index (χ3v) is 7.70. The Labute approximate surface area is 203 Å². The Morgan fingerprint density at radius 1 is 1.03 bits per heavy atom. The van der Waals surface area contributed by atoms with Crippen molar-refractivity contribution in [2.75, 3.05) is 5.32 Å². The van der Waals surface area contributed by atoms with Crippen molar-refractivity contribution in [1.82, 2.24) is 0 Å². The first-order valence-electron chi connectivity index (χ1n) is 10.9. The lowest BCUT2D eigenvalue weighted by Gasteiger charge is -2.12. The van der Waals surface area contributed by atoms with Gasteiger partial charge in [-0.2, -0.15) is 0 Å². The van der Waals surface area contributed by atoms with Crippen LogP contribution in [0.5, 0.6) is 0 Å². The molecule has 1 heterocycles. The fourth-order valence-electron chi connectivity index (χ4n) is 4.22. The van der Waals surface area contributed by atoms with Crippen molar-refractivity contribution in [1.29, 1.82) is 0 Å². The molecule has 0 fully saturated rings. The molecule has 1 aliphatic carbocycles. The predicted octanol–water partition coefficient (Wildman–Crippen LogP) is 8.33. The summed E-state index contributed by atoms with van der Waals surface area (Å²) < 4.78 is 0. The normalized spacial score (nSPS) is 14.1. The molecule has 0 atom stereocenters. The molecule has 0 radical (unpaired) electrons. The Hall–Kier alpha value is -2.14. The summed E-state index contributed by atoms with van der Waals surface area (Å²) in [6.45, 7) is 4.07. The zero-order valence-electron chi connectivity index (χ0n) is 18.3. The standard InChI is InChI=1S/C26H26Cl2N2OS/c1-16-12-17(2)14-19(13-16)30-25(31)23-20-9-5-3-4-6-11-22(20)32-26(23)29-15-18-8-7-10-21(27)24(18)28/h7-8,10,12-15H,3-6,9,11H2,1-2H3,(H,30,31). The van der Waals surface area contributed by atoms with Crippen LogP contribution in [0, 0.1) is 13.8 Å². The highest BCUT2D eigenvalue weighted by Crippen LogP contribution is 2.39. The maximum absolute atomic E-state index is 13.5. The molecule has 4 rings (SSSR count). The number of nitrogens with one attached hydrogen (secondary N) is 1. The van der Waals surface area contributed by atoms with E-state index in [-0.39, 0.29) is 5.91 Å². The predicted molar refractivity (Wildman–Crippen MR) is 138 cm³/mol. The quantitative estimate of drug-likeness (QED) is 0.371. The van der Waals surface area contributed by atoms with Crippen molar-refractivity contribution in [3.63, 3.8) is 0 Å². The van der Waals surface area contributed by atoms with E-state index >= 15 is 0 Å². The van der Waals surface area contributed by atoms with Gasteiger partial charge in [-0.3, -0.25) is 4.79 Å². The molecule has 0 bridgehead atoms. The van der Waals surface area contributed by atoms with Crippen LogP contribution in [0.3, 0.4) is 0 Å². The third kappa shape index (κ3) is 5.25. The van der Waals surface area contributed by atoms with Gasteiger partial charge in [0.15, 0.2) is 0 Å². The highest BCUT2D eigenvalue weighted by molar-refractivity contribution is 7.16. The minimum absolute atomic E-state index is 0.0996. The van der Waals surface area contributed by atoms with Crippen LogP contribution < -0.4 is 5.32 Å². The first kappa shape index (κ1) is 23.0. The zero-order valence-corrected chi connectivity index (χ0v) is 20.6. The van der Waals surface area contributed by atoms with Crippen LogP contribution in [-0.4, -0.2) is 12.1 Å². The minimum Gasteiger partial charge on any atom is -0.322 e. The molecule has 1 aromatic heterocycles. The summed E-state index contributed by atoms with van der Waals surface area (Å²) in [6, 6.07) is 11.6. The van der Waals surface area contributed by atoms with Crippen LogP contribution in [-0.2, 0) is 12.8 Å². The minimum atomic E-state index is -0.0996. The number of anilines is 1. The highest BCUT2D eigenvalue weighted by Gasteiger charge is 2.24. The maximum Gasteiger partial charge on any atom is 0.259 e. The molecule has 0 spiro atoms. The number of carbonyl (C=O) groups excluding carboxylic acids is 1. The molecule has 3 aromatic rings. The van der Waals surface area contributed by atoms with Gasteiger partial charge in [-0.15, -0.1) is 11.3 Å². The molecule has 6 heteroatoms. The van der Waals surface area contributed by atoms with Crippen molar-refractivity contribution in [3.05, 3.63) is 79.1 Å². The lowest BCUT2D eigenvalue weighted by Crippen LogP contribution is -2.14. The van der Waals surface area contributed by atoms with Gasteiger partial charge in [-0.1, -0.05) is 54.2 Å². The molecular formula is C26H26Cl2N2OS. The van der Waals surface area contributed by atoms with E-state index in [4.69, 9.17) is 28.2 Å². The second-order valence-electron chi connectivity index (χ2n) is 8.33. The lowest BCUT2D eigenvalue weighted by molar-refractivity contribution is 0.102. The average molecular weight is 485 g/mol. The number of carbonyl (C=O) groups is 1. The third-order valence-electron chi connectivity index (χ3n) is 5.66. The number of fused-ring (bicyclic) bond motifs is 1. The van der Waals surface area contributed by atoms with Crippen molar-refractivity contribution < 1.29 is 4.79 Å². The number of aryl methyl sites for hydroxylation is 3. The van der Waals surface area contributed by atoms with E-state index in [9.17, 15) is 4.79 Å². The van der Waals surface area contributed by atoms with E-state index in [1.54, 1.807) is 23.6 Å². The van der Waals surface area contributed by atoms with Crippen molar-refractivity contribution in [3.8, 4) is 0 Å². The number of benzene rings is 2. The van der Waals surface area contributed by atoms with E-state index < -0.39 is 0 Å². The molecule has 166 valence electrons. The van der Waals surface area contributed by atoms with E-state index in [0.29, 0.717) is 15.6 Å². The van der Waals surface area contributed by atoms with Gasteiger partial charge in [0.05, 0.1) is 15.6 Å². The molecule has 0 saturated heterocycles. The van der Waals surface area contributed by atoms with Crippen LogP contribution in [0.4, 0.5) is 10.7 Å². The van der Waals surface area contributed by atoms with Crippen LogP contribution in [0.1, 0.15) is 63.2 Å². The van der Waals surface area contributed by atoms with Crippen LogP contribution in [0.2, 0.25) is 10.0 Å². The largest absolute Gasteiger partial charge is 0.322 e. The van der Waals surface area contributed by atoms with E-state index in [1.807, 2.05) is 38.1 Å². The first-order valence-corrected chi connectivity index (χ1v) is 12.5. The highest BCUT2D eigenvalue weighted by atomic mass is 35.5. The van der Waals surface area contributed by atoms with E-state index in [2.05, 4.69) is 11.4 Å². The van der Waals surface area contributed by atoms with E-state index in [1.165, 1.54) is 17.7 Å². The summed E-state index contributed by atoms with van der Waals surface area (Å²) in [7, 11) is 0. The zero-order chi connectivity index (χ0) is 22.7. The Kier molecular flexibility index (Phi) is 7.34. The number of hydrogen-bond acceptors (Lipinski definition) is 3. The van der Waals surface area contributed by atoms with Crippen molar-refractivity contribution in [2.45, 2.75) is 52.4 Å². The van der Waals surface area contributed by atoms with Crippen molar-refractivity contribution in [2.24, 2.45) is 4.99 Å². The molecule has 1 amide bonds. The number of amides is 1. The summed E-state index contributed by atoms with van der Waals surface area (Å²) >= 11 is 14.1. The molecule has 0 unspecified atom stereocenters. The van der Waals surface area contributed by atoms with Gasteiger partial charge in [-0.05, 0) is 74.4 Å². The molecular weight excluding hydrogens is 459 g/mol. The van der Waals surface area contributed by atoms with Crippen molar-refractivity contribution >= 4 is 57.3 Å². The number of nitrogens with zero attached hydrogens (tertiary/aromatic N) is 1. The second-order valence-corrected chi connectivity index (χ2v) is 10.2. The topological polar surface area (TPSA) is 41.5 Å². The summed E-state index contributed by atoms with van der Waals surface area (Å²) in [5.74, 6) is -0.0996. The Morgan fingerprint density at radius 3 is 2.50 bits per heavy atom. The molecule has 32 heavy (non-hydrogen) atoms. The average Bonchev–Trinajstić information content (AvgIpc) is 3.04. The molecule has 0 aliphatic heterocycles. The lowest BCUT2D eigenvalue weighted by atomic mass is 9.96. The summed E-state index contributed by atoms with van der Waals surface area (Å²) in [4.78, 5) is 19.5. The smallest absolute Gasteiger partial charge is 0.259 e. The van der Waals surface area contributed by atoms with Gasteiger partial charge in [0.2, 0.25) is 0 Å². The first-order chi connectivity index (χ1) is 15.4. The molecule has 2 aromatic carbocycles. The molecule has 3 nitrogen and oxygen atoms in total. The van der Waals surface area contributed by atoms with Crippen LogP contribution in [0.15, 0.2) is 41.4 Å². The monoisotopic (exact) mass is 484 g/mol. The molecule has 0 saturated carbocycles. The fourth-order valence-corrected chi connectivity index (χ4v) is 5.81. The number of rotatable bonds is 4. The maximum atomic E-state index is 13.5. The van der Waals surface area contributed by atoms with Gasteiger partial charge < -0.3 is 5.32 Å². The summed E-state index contributed by atoms with van der Waals surface area (Å²) in [5.41, 5.74) is 5.64. The van der Waals surface area contributed by atoms with Gasteiger partial charge in [0.25, 0.3) is 5.91 Å². The van der Waals surface area contributed by atoms with Gasteiger partial charge in [0.1, 0.15) is 5.00 Å². The van der Waals surface area contributed by atoms with Gasteiger partial charge >= 0.3 is 0 Å². The fraction of sp³-hybridized carbons (Fsp3) is 0.308. The van der Waals surface area contributed by atoms with Gasteiger partial charge in [0, 0.05) is 22.3 Å². The van der Waals surface area contributed by atoms with Crippen LogP contribution >= 0.6 is 34.5 Å². The number of aliphatic imine (C=N–C) groups is 1. The summed E-state index contributed by atoms with van der Waals surface area (Å²) in [6.07, 6.45) is 8.29. The SMILES string of the molecule is Cc1cc(C)cc(NC(=O)c2c(N=Cc3cccc(Cl)c3Cl)sc3c2CCCCCC3)c1. The van der Waals surface area contributed by atoms with Crippen LogP contribution in [0.25, 0.3) is 0 Å². The van der Waals surface area contributed by atoms with Gasteiger partial charge in [-0.25, -0.2) is 4.99 Å². The summed E-state index contributed by atoms with van der Waals surface area (Å²) in [5, 5.41) is 4.80. The second kappa shape index (κ2) is 10.2.